The Morgan fingerprint density at radius 3 is 1.84 bits per heavy atom. The van der Waals surface area contributed by atoms with Crippen molar-refractivity contribution in [2.24, 2.45) is 0 Å². The van der Waals surface area contributed by atoms with Gasteiger partial charge in [0, 0.05) is 15.9 Å². The van der Waals surface area contributed by atoms with Gasteiger partial charge < -0.3 is 34.8 Å². The number of rotatable bonds is 10. The number of carbonyl (C=O) groups is 5. The van der Waals surface area contributed by atoms with E-state index in [1.165, 1.54) is 27.7 Å². The number of aliphatic carboxylic acids is 2. The number of nitrogens with zero attached hydrogens (tertiary/aromatic N) is 3. The molecule has 1 saturated heterocycles. The van der Waals surface area contributed by atoms with Gasteiger partial charge in [-0.25, -0.2) is 9.59 Å². The fourth-order valence-electron chi connectivity index (χ4n) is 5.60. The molecule has 4 aromatic rings. The molecule has 3 amide bonds. The average Bonchev–Trinajstić information content (AvgIpc) is 3.70. The van der Waals surface area contributed by atoms with Crippen LogP contribution in [-0.2, 0) is 14.4 Å². The maximum atomic E-state index is 13.8. The van der Waals surface area contributed by atoms with E-state index in [0.717, 1.165) is 16.7 Å². The summed E-state index contributed by atoms with van der Waals surface area (Å²) in [4.78, 5) is 67.0. The second-order valence-electron chi connectivity index (χ2n) is 11.5. The number of hydrogen-bond acceptors (Lipinski definition) is 10. The molecule has 0 saturated carbocycles. The van der Waals surface area contributed by atoms with Crippen molar-refractivity contribution < 1.29 is 43.2 Å². The molecule has 2 unspecified atom stereocenters. The van der Waals surface area contributed by atoms with Crippen LogP contribution in [0.25, 0.3) is 22.5 Å². The Kier molecular flexibility index (Phi) is 10.1. The van der Waals surface area contributed by atoms with Gasteiger partial charge in [-0.1, -0.05) is 69.9 Å². The zero-order chi connectivity index (χ0) is 35.8. The number of thioether (sulfide) groups is 1. The van der Waals surface area contributed by atoms with E-state index >= 15 is 0 Å². The molecule has 0 radical (unpaired) electrons. The number of hydrogen-bond donors (Lipinski definition) is 4. The van der Waals surface area contributed by atoms with E-state index in [4.69, 9.17) is 32.2 Å². The normalized spacial score (nSPS) is 17.4. The third-order valence-corrected chi connectivity index (χ3v) is 10.1. The predicted octanol–water partition coefficient (Wildman–Crippen LogP) is 4.67. The quantitative estimate of drug-likeness (QED) is 0.176. The minimum Gasteiger partial charge on any atom is -0.480 e. The summed E-state index contributed by atoms with van der Waals surface area (Å²) in [6, 6.07) is 9.78. The summed E-state index contributed by atoms with van der Waals surface area (Å²) in [6.45, 7) is 5.29. The highest BCUT2D eigenvalue weighted by Crippen LogP contribution is 2.46. The number of aromatic nitrogens is 2. The first kappa shape index (κ1) is 35.4. The summed E-state index contributed by atoms with van der Waals surface area (Å²) in [5, 5.41) is 32.5. The van der Waals surface area contributed by atoms with Gasteiger partial charge in [0.1, 0.15) is 45.5 Å². The highest BCUT2D eigenvalue weighted by molar-refractivity contribution is 8.01. The standard InChI is InChI=1S/C32H29Cl2N5O9S/c1-14-21(23(37-47-14)16-9-5-7-11-18(16)33)27(41)35-13-20(40)39-26(31(45)46)32(3,4)49-29(39)25(30(43)44)36-28(42)22-15(2)48-38-24(22)17-10-6-8-12-19(17)34/h5-12,25-26,29H,13H2,1-4H3,(H,35,41)(H,36,42)(H,43,44)(H,45,46)/t25?,26-,29?/m0/s1. The Morgan fingerprint density at radius 2 is 1.37 bits per heavy atom. The number of carboxylic acids is 2. The van der Waals surface area contributed by atoms with E-state index in [9.17, 15) is 34.2 Å². The van der Waals surface area contributed by atoms with Crippen LogP contribution in [0.3, 0.4) is 0 Å². The fraction of sp³-hybridized carbons (Fsp3) is 0.281. The van der Waals surface area contributed by atoms with Crippen molar-refractivity contribution >= 4 is 64.6 Å². The van der Waals surface area contributed by atoms with Crippen molar-refractivity contribution in [3.8, 4) is 22.5 Å². The van der Waals surface area contributed by atoms with Crippen LogP contribution in [0.2, 0.25) is 10.0 Å². The molecule has 0 spiro atoms. The monoisotopic (exact) mass is 729 g/mol. The molecule has 49 heavy (non-hydrogen) atoms. The molecule has 2 aromatic carbocycles. The van der Waals surface area contributed by atoms with Crippen LogP contribution in [0.1, 0.15) is 46.1 Å². The topological polar surface area (TPSA) is 205 Å². The lowest BCUT2D eigenvalue weighted by Gasteiger charge is -2.32. The molecule has 1 fully saturated rings. The van der Waals surface area contributed by atoms with Crippen LogP contribution in [0.15, 0.2) is 57.6 Å². The van der Waals surface area contributed by atoms with Gasteiger partial charge in [0.25, 0.3) is 11.8 Å². The number of amides is 3. The third-order valence-electron chi connectivity index (χ3n) is 7.83. The lowest BCUT2D eigenvalue weighted by atomic mass is 10.0. The van der Waals surface area contributed by atoms with Crippen LogP contribution in [0.5, 0.6) is 0 Å². The Labute approximate surface area is 293 Å². The molecule has 14 nitrogen and oxygen atoms in total. The SMILES string of the molecule is Cc1onc(-c2ccccc2Cl)c1C(=O)NCC(=O)N1C(C(NC(=O)c2c(-c3ccccc3Cl)noc2C)C(=O)O)SC(C)(C)[C@@H]1C(=O)O. The van der Waals surface area contributed by atoms with E-state index in [0.29, 0.717) is 16.1 Å². The minimum atomic E-state index is -1.82. The third kappa shape index (κ3) is 6.86. The number of carbonyl (C=O) groups excluding carboxylic acids is 3. The van der Waals surface area contributed by atoms with E-state index in [2.05, 4.69) is 20.9 Å². The van der Waals surface area contributed by atoms with Gasteiger partial charge in [-0.2, -0.15) is 0 Å². The van der Waals surface area contributed by atoms with Gasteiger partial charge in [0.15, 0.2) is 6.04 Å². The number of halogens is 2. The second kappa shape index (κ2) is 13.9. The van der Waals surface area contributed by atoms with Crippen LogP contribution < -0.4 is 10.6 Å². The average molecular weight is 731 g/mol. The van der Waals surface area contributed by atoms with E-state index < -0.39 is 58.4 Å². The molecular formula is C32H29Cl2N5O9S. The molecule has 0 bridgehead atoms. The Bertz CT molecular complexity index is 1980. The first-order valence-electron chi connectivity index (χ1n) is 14.6. The van der Waals surface area contributed by atoms with E-state index in [1.54, 1.807) is 48.5 Å². The zero-order valence-corrected chi connectivity index (χ0v) is 28.6. The Morgan fingerprint density at radius 1 is 0.878 bits per heavy atom. The van der Waals surface area contributed by atoms with Crippen molar-refractivity contribution in [2.45, 2.75) is 49.9 Å². The molecular weight excluding hydrogens is 701 g/mol. The summed E-state index contributed by atoms with van der Waals surface area (Å²) in [6.07, 6.45) is 0. The van der Waals surface area contributed by atoms with E-state index in [-0.39, 0.29) is 39.1 Å². The first-order valence-corrected chi connectivity index (χ1v) is 16.2. The van der Waals surface area contributed by atoms with Crippen molar-refractivity contribution in [1.29, 1.82) is 0 Å². The number of aryl methyl sites for hydroxylation is 2. The van der Waals surface area contributed by atoms with Gasteiger partial charge in [-0.3, -0.25) is 14.4 Å². The molecule has 5 rings (SSSR count). The Hall–Kier alpha value is -4.86. The van der Waals surface area contributed by atoms with Crippen molar-refractivity contribution in [1.82, 2.24) is 25.8 Å². The van der Waals surface area contributed by atoms with Crippen LogP contribution in [-0.4, -0.2) is 83.8 Å². The maximum absolute atomic E-state index is 13.8. The molecule has 17 heteroatoms. The smallest absolute Gasteiger partial charge is 0.329 e. The summed E-state index contributed by atoms with van der Waals surface area (Å²) >= 11 is 13.5. The molecule has 0 aliphatic carbocycles. The molecule has 2 aromatic heterocycles. The molecule has 3 atom stereocenters. The summed E-state index contributed by atoms with van der Waals surface area (Å²) < 4.78 is 9.25. The molecule has 4 N–H and O–H groups in total. The van der Waals surface area contributed by atoms with Gasteiger partial charge >= 0.3 is 11.9 Å². The van der Waals surface area contributed by atoms with Gasteiger partial charge in [-0.05, 0) is 39.8 Å². The molecule has 1 aliphatic rings. The number of carboxylic acid groups (broad SMARTS) is 2. The minimum absolute atomic E-state index is 0.00236. The van der Waals surface area contributed by atoms with Gasteiger partial charge in [-0.15, -0.1) is 11.8 Å². The molecule has 1 aliphatic heterocycles. The van der Waals surface area contributed by atoms with E-state index in [1.807, 2.05) is 0 Å². The lowest BCUT2D eigenvalue weighted by Crippen LogP contribution is -2.59. The van der Waals surface area contributed by atoms with Crippen LogP contribution in [0, 0.1) is 13.8 Å². The largest absolute Gasteiger partial charge is 0.480 e. The maximum Gasteiger partial charge on any atom is 0.329 e. The number of benzene rings is 2. The summed E-state index contributed by atoms with van der Waals surface area (Å²) in [7, 11) is 0. The highest BCUT2D eigenvalue weighted by atomic mass is 35.5. The fourth-order valence-corrected chi connectivity index (χ4v) is 7.69. The first-order chi connectivity index (χ1) is 23.1. The van der Waals surface area contributed by atoms with Crippen molar-refractivity contribution in [2.75, 3.05) is 6.54 Å². The Balaban J connectivity index is 1.43. The van der Waals surface area contributed by atoms with Gasteiger partial charge in [0.2, 0.25) is 5.91 Å². The summed E-state index contributed by atoms with van der Waals surface area (Å²) in [5.41, 5.74) is 0.845. The van der Waals surface area contributed by atoms with Crippen molar-refractivity contribution in [3.05, 3.63) is 81.2 Å². The summed E-state index contributed by atoms with van der Waals surface area (Å²) in [5.74, 6) is -5.36. The van der Waals surface area contributed by atoms with Crippen LogP contribution >= 0.6 is 35.0 Å². The number of nitrogens with one attached hydrogen (secondary N) is 2. The predicted molar refractivity (Wildman–Crippen MR) is 178 cm³/mol. The second-order valence-corrected chi connectivity index (χ2v) is 14.1. The van der Waals surface area contributed by atoms with Crippen molar-refractivity contribution in [3.63, 3.8) is 0 Å². The molecule has 3 heterocycles. The lowest BCUT2D eigenvalue weighted by molar-refractivity contribution is -0.152. The van der Waals surface area contributed by atoms with Gasteiger partial charge in [0.05, 0.1) is 16.6 Å². The molecule has 256 valence electrons. The zero-order valence-electron chi connectivity index (χ0n) is 26.3. The highest BCUT2D eigenvalue weighted by Gasteiger charge is 2.57. The van der Waals surface area contributed by atoms with Crippen LogP contribution in [0.4, 0.5) is 0 Å².